The molecular weight excluding hydrogens is 260 g/mol. The molecule has 0 aromatic heterocycles. The molecule has 0 N–H and O–H groups in total. The number of carbonyl (C=O) groups excluding carboxylic acids is 2. The summed E-state index contributed by atoms with van der Waals surface area (Å²) < 4.78 is 16.1. The van der Waals surface area contributed by atoms with Crippen molar-refractivity contribution in [3.63, 3.8) is 0 Å². The molecule has 5 heteroatoms. The molecule has 2 saturated heterocycles. The van der Waals surface area contributed by atoms with Crippen molar-refractivity contribution in [1.82, 2.24) is 0 Å². The summed E-state index contributed by atoms with van der Waals surface area (Å²) in [7, 11) is 0. The van der Waals surface area contributed by atoms with Crippen molar-refractivity contribution in [2.75, 3.05) is 6.61 Å². The fourth-order valence-corrected chi connectivity index (χ4v) is 3.69. The van der Waals surface area contributed by atoms with E-state index < -0.39 is 0 Å². The van der Waals surface area contributed by atoms with Crippen LogP contribution in [0.5, 0.6) is 0 Å². The van der Waals surface area contributed by atoms with Crippen molar-refractivity contribution in [2.45, 2.75) is 62.9 Å². The van der Waals surface area contributed by atoms with Crippen molar-refractivity contribution in [1.29, 1.82) is 0 Å². The number of ketones is 1. The highest BCUT2D eigenvalue weighted by Crippen LogP contribution is 2.41. The van der Waals surface area contributed by atoms with Crippen molar-refractivity contribution >= 4 is 11.8 Å². The van der Waals surface area contributed by atoms with Gasteiger partial charge in [0.15, 0.2) is 5.78 Å². The minimum atomic E-state index is -0.219. The zero-order chi connectivity index (χ0) is 13.7. The highest BCUT2D eigenvalue weighted by molar-refractivity contribution is 5.85. The SMILES string of the molecule is O=C(COC(=O)C1CCC2OC2C1)C1CCC2OC2C1. The second-order valence-electron chi connectivity index (χ2n) is 6.52. The highest BCUT2D eigenvalue weighted by atomic mass is 16.6. The van der Waals surface area contributed by atoms with Crippen molar-refractivity contribution in [3.8, 4) is 0 Å². The van der Waals surface area contributed by atoms with Crippen LogP contribution in [-0.2, 0) is 23.8 Å². The third-order valence-electron chi connectivity index (χ3n) is 5.15. The van der Waals surface area contributed by atoms with Crippen LogP contribution in [0.3, 0.4) is 0 Å². The number of epoxide rings is 2. The van der Waals surface area contributed by atoms with E-state index in [-0.39, 0.29) is 42.4 Å². The van der Waals surface area contributed by atoms with Gasteiger partial charge in [0.25, 0.3) is 0 Å². The molecule has 0 amide bonds. The summed E-state index contributed by atoms with van der Waals surface area (Å²) >= 11 is 0. The van der Waals surface area contributed by atoms with Crippen LogP contribution in [0.25, 0.3) is 0 Å². The number of fused-ring (bicyclic) bond motifs is 2. The van der Waals surface area contributed by atoms with E-state index in [9.17, 15) is 9.59 Å². The van der Waals surface area contributed by atoms with E-state index in [4.69, 9.17) is 14.2 Å². The van der Waals surface area contributed by atoms with Gasteiger partial charge in [0, 0.05) is 5.92 Å². The molecule has 6 unspecified atom stereocenters. The van der Waals surface area contributed by atoms with Gasteiger partial charge in [-0.15, -0.1) is 0 Å². The molecule has 0 radical (unpaired) electrons. The van der Waals surface area contributed by atoms with Gasteiger partial charge in [-0.1, -0.05) is 0 Å². The fourth-order valence-electron chi connectivity index (χ4n) is 3.69. The van der Waals surface area contributed by atoms with Crippen LogP contribution in [-0.4, -0.2) is 42.8 Å². The summed E-state index contributed by atoms with van der Waals surface area (Å²) in [5.74, 6) is -0.213. The molecule has 0 spiro atoms. The number of hydrogen-bond donors (Lipinski definition) is 0. The summed E-state index contributed by atoms with van der Waals surface area (Å²) in [6.45, 7) is -0.0632. The molecule has 0 aromatic rings. The van der Waals surface area contributed by atoms with Crippen LogP contribution in [0, 0.1) is 11.8 Å². The van der Waals surface area contributed by atoms with Crippen molar-refractivity contribution < 1.29 is 23.8 Å². The zero-order valence-electron chi connectivity index (χ0n) is 11.5. The maximum absolute atomic E-state index is 12.1. The molecule has 5 nitrogen and oxygen atoms in total. The first-order chi connectivity index (χ1) is 9.70. The quantitative estimate of drug-likeness (QED) is 0.572. The van der Waals surface area contributed by atoms with Crippen molar-refractivity contribution in [2.24, 2.45) is 11.8 Å². The van der Waals surface area contributed by atoms with Gasteiger partial charge in [-0.2, -0.15) is 0 Å². The number of carbonyl (C=O) groups is 2. The van der Waals surface area contributed by atoms with Gasteiger partial charge in [-0.3, -0.25) is 9.59 Å². The van der Waals surface area contributed by atoms with Gasteiger partial charge in [-0.25, -0.2) is 0 Å². The van der Waals surface area contributed by atoms with Gasteiger partial charge in [0.2, 0.25) is 0 Å². The standard InChI is InChI=1S/C15H20O5/c16-10(8-1-3-11-13(5-8)19-11)7-18-15(17)9-2-4-12-14(6-9)20-12/h8-9,11-14H,1-7H2. The third-order valence-corrected chi connectivity index (χ3v) is 5.15. The monoisotopic (exact) mass is 280 g/mol. The molecule has 2 aliphatic carbocycles. The van der Waals surface area contributed by atoms with E-state index in [1.54, 1.807) is 0 Å². The second-order valence-corrected chi connectivity index (χ2v) is 6.52. The Bertz CT molecular complexity index is 394. The lowest BCUT2D eigenvalue weighted by molar-refractivity contribution is -0.154. The first kappa shape index (κ1) is 12.8. The Morgan fingerprint density at radius 1 is 0.850 bits per heavy atom. The van der Waals surface area contributed by atoms with Gasteiger partial charge < -0.3 is 14.2 Å². The Balaban J connectivity index is 1.22. The van der Waals surface area contributed by atoms with E-state index in [0.717, 1.165) is 38.5 Å². The summed E-state index contributed by atoms with van der Waals surface area (Å²) in [5, 5.41) is 0. The molecule has 2 saturated carbocycles. The molecule has 0 aromatic carbocycles. The maximum Gasteiger partial charge on any atom is 0.309 e. The molecule has 110 valence electrons. The summed E-state index contributed by atoms with van der Waals surface area (Å²) in [6, 6.07) is 0. The number of rotatable bonds is 4. The molecule has 4 fully saturated rings. The third kappa shape index (κ3) is 2.49. The Hall–Kier alpha value is -0.940. The molecule has 4 aliphatic rings. The molecule has 2 heterocycles. The Morgan fingerprint density at radius 3 is 2.10 bits per heavy atom. The van der Waals surface area contributed by atoms with Crippen LogP contribution in [0.1, 0.15) is 38.5 Å². The molecule has 0 bridgehead atoms. The fraction of sp³-hybridized carbons (Fsp3) is 0.867. The predicted octanol–water partition coefficient (Wildman–Crippen LogP) is 1.23. The molecule has 20 heavy (non-hydrogen) atoms. The van der Waals surface area contributed by atoms with E-state index >= 15 is 0 Å². The normalized spacial score (nSPS) is 45.0. The van der Waals surface area contributed by atoms with Crippen LogP contribution in [0.4, 0.5) is 0 Å². The number of ether oxygens (including phenoxy) is 3. The van der Waals surface area contributed by atoms with E-state index in [1.807, 2.05) is 0 Å². The first-order valence-corrected chi connectivity index (χ1v) is 7.71. The predicted molar refractivity (Wildman–Crippen MR) is 68.0 cm³/mol. The Labute approximate surface area is 117 Å². The van der Waals surface area contributed by atoms with Crippen molar-refractivity contribution in [3.05, 3.63) is 0 Å². The lowest BCUT2D eigenvalue weighted by Gasteiger charge is -2.20. The van der Waals surface area contributed by atoms with Gasteiger partial charge in [0.05, 0.1) is 30.3 Å². The van der Waals surface area contributed by atoms with E-state index in [0.29, 0.717) is 12.2 Å². The topological polar surface area (TPSA) is 68.4 Å². The maximum atomic E-state index is 12.1. The van der Waals surface area contributed by atoms with Gasteiger partial charge in [-0.05, 0) is 38.5 Å². The summed E-state index contributed by atoms with van der Waals surface area (Å²) in [5.41, 5.74) is 0. The largest absolute Gasteiger partial charge is 0.457 e. The lowest BCUT2D eigenvalue weighted by atomic mass is 9.86. The van der Waals surface area contributed by atoms with Gasteiger partial charge >= 0.3 is 5.97 Å². The lowest BCUT2D eigenvalue weighted by Crippen LogP contribution is -2.29. The average Bonchev–Trinajstić information content (AvgIpc) is 3.36. The Morgan fingerprint density at radius 2 is 1.45 bits per heavy atom. The summed E-state index contributed by atoms with van der Waals surface area (Å²) in [4.78, 5) is 24.0. The molecule has 2 aliphatic heterocycles. The van der Waals surface area contributed by atoms with Gasteiger partial charge in [0.1, 0.15) is 6.61 Å². The smallest absolute Gasteiger partial charge is 0.309 e. The van der Waals surface area contributed by atoms with Crippen LogP contribution in [0.2, 0.25) is 0 Å². The minimum Gasteiger partial charge on any atom is -0.457 e. The first-order valence-electron chi connectivity index (χ1n) is 7.71. The minimum absolute atomic E-state index is 0.0223. The number of Topliss-reactive ketones (excluding diaryl/α,β-unsaturated/α-hetero) is 1. The Kier molecular flexibility index (Phi) is 3.07. The van der Waals surface area contributed by atoms with E-state index in [1.165, 1.54) is 0 Å². The number of esters is 1. The molecular formula is C15H20O5. The number of hydrogen-bond acceptors (Lipinski definition) is 5. The van der Waals surface area contributed by atoms with Crippen LogP contribution in [0.15, 0.2) is 0 Å². The zero-order valence-corrected chi connectivity index (χ0v) is 11.5. The van der Waals surface area contributed by atoms with Crippen LogP contribution < -0.4 is 0 Å². The van der Waals surface area contributed by atoms with Crippen LogP contribution >= 0.6 is 0 Å². The average molecular weight is 280 g/mol. The summed E-state index contributed by atoms with van der Waals surface area (Å²) in [6.07, 6.45) is 6.52. The highest BCUT2D eigenvalue weighted by Gasteiger charge is 2.47. The molecule has 6 atom stereocenters. The molecule has 4 rings (SSSR count). The second kappa shape index (κ2) is 4.81. The van der Waals surface area contributed by atoms with E-state index in [2.05, 4.69) is 0 Å².